The second kappa shape index (κ2) is 11.7. The van der Waals surface area contributed by atoms with E-state index in [2.05, 4.69) is 15.6 Å². The number of rotatable bonds is 6. The van der Waals surface area contributed by atoms with Crippen molar-refractivity contribution in [2.45, 2.75) is 56.7 Å². The first-order valence-electron chi connectivity index (χ1n) is 11.5. The molecule has 1 saturated heterocycles. The number of carbonyl (C=O) groups excluding carboxylic acids is 2. The van der Waals surface area contributed by atoms with Crippen LogP contribution in [0.4, 0.5) is 4.39 Å². The molecule has 1 aliphatic carbocycles. The van der Waals surface area contributed by atoms with E-state index in [0.29, 0.717) is 25.7 Å². The Morgan fingerprint density at radius 2 is 1.57 bits per heavy atom. The second-order valence-corrected chi connectivity index (χ2v) is 10.8. The number of carbonyl (C=O) groups is 2. The summed E-state index contributed by atoms with van der Waals surface area (Å²) < 4.78 is 19.8. The van der Waals surface area contributed by atoms with Crippen LogP contribution in [0.3, 0.4) is 0 Å². The zero-order valence-electron chi connectivity index (χ0n) is 18.9. The zero-order valence-corrected chi connectivity index (χ0v) is 21.2. The lowest BCUT2D eigenvalue weighted by molar-refractivity contribution is 0.0884. The number of ether oxygens (including phenoxy) is 1. The van der Waals surface area contributed by atoms with E-state index in [9.17, 15) is 19.1 Å². The topological polar surface area (TPSA) is 101 Å². The molecular weight excluding hydrogens is 516 g/mol. The van der Waals surface area contributed by atoms with Gasteiger partial charge < -0.3 is 20.5 Å². The van der Waals surface area contributed by atoms with E-state index in [0.717, 1.165) is 36.6 Å². The molecule has 1 aromatic heterocycles. The first kappa shape index (κ1) is 25.9. The monoisotopic (exact) mass is 541 g/mol. The Bertz CT molecular complexity index is 1090. The Morgan fingerprint density at radius 3 is 2.20 bits per heavy atom. The number of benzene rings is 1. The molecule has 1 aromatic carbocycles. The van der Waals surface area contributed by atoms with Crippen LogP contribution in [-0.4, -0.2) is 51.6 Å². The molecule has 7 nitrogen and oxygen atoms in total. The van der Waals surface area contributed by atoms with Gasteiger partial charge in [0.2, 0.25) is 5.88 Å². The van der Waals surface area contributed by atoms with Crippen LogP contribution in [0.2, 0.25) is 10.0 Å². The summed E-state index contributed by atoms with van der Waals surface area (Å²) in [6.45, 7) is 0. The molecule has 0 unspecified atom stereocenters. The maximum atomic E-state index is 13.9. The van der Waals surface area contributed by atoms with Crippen LogP contribution < -0.4 is 15.4 Å². The molecule has 11 heteroatoms. The quantitative estimate of drug-likeness (QED) is 0.476. The van der Waals surface area contributed by atoms with E-state index >= 15 is 0 Å². The third kappa shape index (κ3) is 6.71. The van der Waals surface area contributed by atoms with Gasteiger partial charge in [-0.25, -0.2) is 9.37 Å². The van der Waals surface area contributed by atoms with Crippen LogP contribution in [0.25, 0.3) is 0 Å². The average molecular weight is 542 g/mol. The Balaban J connectivity index is 1.32. The highest BCUT2D eigenvalue weighted by Gasteiger charge is 2.27. The van der Waals surface area contributed by atoms with Crippen molar-refractivity contribution in [3.05, 3.63) is 51.4 Å². The number of pyridine rings is 1. The molecule has 35 heavy (non-hydrogen) atoms. The molecule has 1 saturated carbocycles. The van der Waals surface area contributed by atoms with Crippen molar-refractivity contribution < 1.29 is 23.8 Å². The number of phenolic OH excluding ortho intramolecular Hbond substituents is 1. The lowest BCUT2D eigenvalue weighted by atomic mass is 9.90. The van der Waals surface area contributed by atoms with Gasteiger partial charge in [0.25, 0.3) is 11.8 Å². The van der Waals surface area contributed by atoms with Gasteiger partial charge in [-0.3, -0.25) is 9.59 Å². The highest BCUT2D eigenvalue weighted by Crippen LogP contribution is 2.31. The minimum atomic E-state index is -0.600. The SMILES string of the molecule is O=C(NC1CCC(NC(=O)c2cc(Cl)cc(Cl)c2O)CC1)c1cc(F)cnc1OC1CCSCC1. The fourth-order valence-electron chi connectivity index (χ4n) is 4.28. The fraction of sp³-hybridized carbons (Fsp3) is 0.458. The third-order valence-corrected chi connectivity index (χ3v) is 7.73. The molecule has 0 atom stereocenters. The van der Waals surface area contributed by atoms with Gasteiger partial charge in [0.05, 0.1) is 16.8 Å². The lowest BCUT2D eigenvalue weighted by Crippen LogP contribution is -2.44. The summed E-state index contributed by atoms with van der Waals surface area (Å²) >= 11 is 13.7. The number of amides is 2. The molecule has 0 spiro atoms. The van der Waals surface area contributed by atoms with Crippen molar-refractivity contribution in [3.63, 3.8) is 0 Å². The Hall–Kier alpha value is -2.23. The number of halogens is 3. The van der Waals surface area contributed by atoms with E-state index in [1.807, 2.05) is 11.8 Å². The Labute approximate surface area is 217 Å². The Morgan fingerprint density at radius 1 is 0.971 bits per heavy atom. The molecule has 2 amide bonds. The number of phenols is 1. The number of aromatic nitrogens is 1. The van der Waals surface area contributed by atoms with E-state index in [1.165, 1.54) is 12.1 Å². The van der Waals surface area contributed by atoms with Crippen LogP contribution >= 0.6 is 35.0 Å². The van der Waals surface area contributed by atoms with Crippen molar-refractivity contribution in [2.75, 3.05) is 11.5 Å². The normalized spacial score (nSPS) is 20.8. The third-order valence-electron chi connectivity index (χ3n) is 6.18. The summed E-state index contributed by atoms with van der Waals surface area (Å²) in [6.07, 6.45) is 5.23. The standard InChI is InChI=1S/C24H26Cl2FN3O4S/c25-13-9-18(21(31)20(26)10-13)22(32)29-15-1-3-16(4-2-15)30-23(33)19-11-14(27)12-28-24(19)34-17-5-7-35-8-6-17/h9-12,15-17,31H,1-8H2,(H,29,32)(H,30,33). The minimum absolute atomic E-state index is 0.00614. The fourth-order valence-corrected chi connectivity index (χ4v) is 5.84. The molecule has 188 valence electrons. The predicted octanol–water partition coefficient (Wildman–Crippen LogP) is 4.98. The van der Waals surface area contributed by atoms with Crippen LogP contribution in [0.15, 0.2) is 24.4 Å². The summed E-state index contributed by atoms with van der Waals surface area (Å²) in [5, 5.41) is 16.2. The average Bonchev–Trinajstić information content (AvgIpc) is 2.84. The first-order chi connectivity index (χ1) is 16.8. The molecule has 2 aliphatic rings. The van der Waals surface area contributed by atoms with Crippen molar-refractivity contribution in [3.8, 4) is 11.6 Å². The Kier molecular flexibility index (Phi) is 8.62. The maximum Gasteiger partial charge on any atom is 0.257 e. The number of thioether (sulfide) groups is 1. The summed E-state index contributed by atoms with van der Waals surface area (Å²) in [4.78, 5) is 29.6. The van der Waals surface area contributed by atoms with Gasteiger partial charge in [-0.2, -0.15) is 11.8 Å². The molecule has 1 aliphatic heterocycles. The second-order valence-electron chi connectivity index (χ2n) is 8.72. The van der Waals surface area contributed by atoms with E-state index in [4.69, 9.17) is 27.9 Å². The van der Waals surface area contributed by atoms with Crippen molar-refractivity contribution in [2.24, 2.45) is 0 Å². The molecule has 4 rings (SSSR count). The molecule has 0 bridgehead atoms. The molecule has 2 heterocycles. The largest absolute Gasteiger partial charge is 0.506 e. The van der Waals surface area contributed by atoms with Crippen LogP contribution in [0.1, 0.15) is 59.2 Å². The number of nitrogens with one attached hydrogen (secondary N) is 2. The molecular formula is C24H26Cl2FN3O4S. The van der Waals surface area contributed by atoms with Gasteiger partial charge >= 0.3 is 0 Å². The van der Waals surface area contributed by atoms with E-state index in [-0.39, 0.29) is 51.0 Å². The van der Waals surface area contributed by atoms with Gasteiger partial charge in [0.1, 0.15) is 23.2 Å². The number of aromatic hydroxyl groups is 1. The summed E-state index contributed by atoms with van der Waals surface area (Å²) in [5.41, 5.74) is 0.104. The van der Waals surface area contributed by atoms with Crippen molar-refractivity contribution in [1.82, 2.24) is 15.6 Å². The van der Waals surface area contributed by atoms with Crippen LogP contribution in [0.5, 0.6) is 11.6 Å². The lowest BCUT2D eigenvalue weighted by Gasteiger charge is -2.30. The number of hydrogen-bond donors (Lipinski definition) is 3. The smallest absolute Gasteiger partial charge is 0.257 e. The predicted molar refractivity (Wildman–Crippen MR) is 134 cm³/mol. The highest BCUT2D eigenvalue weighted by atomic mass is 35.5. The number of hydrogen-bond acceptors (Lipinski definition) is 6. The highest BCUT2D eigenvalue weighted by molar-refractivity contribution is 7.99. The van der Waals surface area contributed by atoms with Gasteiger partial charge in [-0.1, -0.05) is 23.2 Å². The molecule has 0 radical (unpaired) electrons. The van der Waals surface area contributed by atoms with E-state index in [1.54, 1.807) is 0 Å². The van der Waals surface area contributed by atoms with Crippen LogP contribution in [0, 0.1) is 5.82 Å². The first-order valence-corrected chi connectivity index (χ1v) is 13.4. The minimum Gasteiger partial charge on any atom is -0.506 e. The molecule has 2 fully saturated rings. The summed E-state index contributed by atoms with van der Waals surface area (Å²) in [5.74, 6) is 0.313. The summed E-state index contributed by atoms with van der Waals surface area (Å²) in [6, 6.07) is 3.62. The number of nitrogens with zero attached hydrogens (tertiary/aromatic N) is 1. The van der Waals surface area contributed by atoms with Crippen molar-refractivity contribution >= 4 is 46.8 Å². The van der Waals surface area contributed by atoms with Gasteiger partial charge in [0.15, 0.2) is 0 Å². The van der Waals surface area contributed by atoms with Gasteiger partial charge in [0, 0.05) is 17.1 Å². The summed E-state index contributed by atoms with van der Waals surface area (Å²) in [7, 11) is 0. The van der Waals surface area contributed by atoms with Gasteiger partial charge in [-0.15, -0.1) is 0 Å². The zero-order chi connectivity index (χ0) is 24.9. The van der Waals surface area contributed by atoms with Crippen molar-refractivity contribution in [1.29, 1.82) is 0 Å². The van der Waals surface area contributed by atoms with Crippen LogP contribution in [-0.2, 0) is 0 Å². The van der Waals surface area contributed by atoms with E-state index < -0.39 is 17.6 Å². The maximum absolute atomic E-state index is 13.9. The molecule has 2 aromatic rings. The molecule has 3 N–H and O–H groups in total. The van der Waals surface area contributed by atoms with Gasteiger partial charge in [-0.05, 0) is 68.2 Å².